The Hall–Kier alpha value is -2.90. The largest absolute Gasteiger partial charge is 0.325 e. The fourth-order valence-corrected chi connectivity index (χ4v) is 5.07. The van der Waals surface area contributed by atoms with Gasteiger partial charge in [-0.1, -0.05) is 42.5 Å². The second-order valence-electron chi connectivity index (χ2n) is 7.36. The van der Waals surface area contributed by atoms with Crippen LogP contribution in [0.5, 0.6) is 0 Å². The van der Waals surface area contributed by atoms with E-state index in [0.29, 0.717) is 17.0 Å². The number of fused-ring (bicyclic) bond motifs is 1. The van der Waals surface area contributed by atoms with Crippen molar-refractivity contribution < 1.29 is 4.79 Å². The molecule has 1 atom stereocenters. The highest BCUT2D eigenvalue weighted by molar-refractivity contribution is 7.99. The van der Waals surface area contributed by atoms with Gasteiger partial charge in [0, 0.05) is 10.6 Å². The molecule has 0 bridgehead atoms. The summed E-state index contributed by atoms with van der Waals surface area (Å²) in [6.07, 6.45) is 0. The quantitative estimate of drug-likeness (QED) is 0.406. The Labute approximate surface area is 188 Å². The number of hydrogen-bond donors (Lipinski definition) is 2. The highest BCUT2D eigenvalue weighted by atomic mass is 32.2. The number of H-pyrrole nitrogens is 1. The van der Waals surface area contributed by atoms with Crippen LogP contribution in [0.3, 0.4) is 0 Å². The molecule has 1 unspecified atom stereocenters. The number of carbonyl (C=O) groups excluding carboxylic acids is 1. The van der Waals surface area contributed by atoms with Gasteiger partial charge in [-0.05, 0) is 49.6 Å². The summed E-state index contributed by atoms with van der Waals surface area (Å²) in [6, 6.07) is 17.9. The van der Waals surface area contributed by atoms with Gasteiger partial charge < -0.3 is 10.3 Å². The van der Waals surface area contributed by atoms with Crippen molar-refractivity contribution in [2.75, 3.05) is 5.32 Å². The molecule has 0 aliphatic heterocycles. The number of nitrogens with zero attached hydrogens (tertiary/aromatic N) is 1. The van der Waals surface area contributed by atoms with Crippen LogP contribution in [0.15, 0.2) is 59.4 Å². The number of benzene rings is 2. The Morgan fingerprint density at radius 1 is 1.10 bits per heavy atom. The van der Waals surface area contributed by atoms with Crippen LogP contribution in [-0.2, 0) is 10.5 Å². The molecule has 0 radical (unpaired) electrons. The number of aromatic amines is 1. The van der Waals surface area contributed by atoms with Gasteiger partial charge >= 0.3 is 0 Å². The fourth-order valence-electron chi connectivity index (χ4n) is 3.27. The number of aryl methyl sites for hydroxylation is 2. The highest BCUT2D eigenvalue weighted by Crippen LogP contribution is 2.27. The zero-order valence-electron chi connectivity index (χ0n) is 17.6. The molecule has 0 spiro atoms. The topological polar surface area (TPSA) is 74.8 Å². The number of amides is 1. The van der Waals surface area contributed by atoms with Gasteiger partial charge in [-0.2, -0.15) is 0 Å². The first kappa shape index (κ1) is 21.3. The summed E-state index contributed by atoms with van der Waals surface area (Å²) in [4.78, 5) is 34.3. The van der Waals surface area contributed by atoms with Gasteiger partial charge in [0.15, 0.2) is 0 Å². The lowest BCUT2D eigenvalue weighted by atomic mass is 10.1. The lowest BCUT2D eigenvalue weighted by Crippen LogP contribution is -2.23. The van der Waals surface area contributed by atoms with Gasteiger partial charge in [-0.25, -0.2) is 4.98 Å². The molecule has 7 heteroatoms. The molecular weight excluding hydrogens is 426 g/mol. The smallest absolute Gasteiger partial charge is 0.259 e. The lowest BCUT2D eigenvalue weighted by Gasteiger charge is -2.12. The van der Waals surface area contributed by atoms with Crippen LogP contribution in [0.25, 0.3) is 21.3 Å². The molecule has 4 aromatic rings. The number of hydrogen-bond acceptors (Lipinski definition) is 5. The number of nitrogens with one attached hydrogen (secondary N) is 2. The number of thioether (sulfide) groups is 1. The average Bonchev–Trinajstić information content (AvgIpc) is 3.07. The van der Waals surface area contributed by atoms with Gasteiger partial charge in [0.25, 0.3) is 5.56 Å². The molecule has 4 rings (SSSR count). The van der Waals surface area contributed by atoms with Gasteiger partial charge in [-0.3, -0.25) is 9.59 Å². The SMILES string of the molecule is Cc1sc2nc(CSC(C)C(=O)Nc3ccc(-c4ccccc4)cc3)[nH]c(=O)c2c1C. The number of thiophene rings is 1. The van der Waals surface area contributed by atoms with E-state index in [1.807, 2.05) is 63.2 Å². The number of anilines is 1. The normalized spacial score (nSPS) is 12.1. The van der Waals surface area contributed by atoms with E-state index in [2.05, 4.69) is 27.4 Å². The molecule has 0 aliphatic carbocycles. The van der Waals surface area contributed by atoms with Crippen LogP contribution in [0.2, 0.25) is 0 Å². The van der Waals surface area contributed by atoms with Crippen LogP contribution < -0.4 is 10.9 Å². The van der Waals surface area contributed by atoms with Crippen molar-refractivity contribution in [1.82, 2.24) is 9.97 Å². The summed E-state index contributed by atoms with van der Waals surface area (Å²) in [5.74, 6) is 0.974. The van der Waals surface area contributed by atoms with E-state index in [1.165, 1.54) is 23.1 Å². The van der Waals surface area contributed by atoms with Crippen LogP contribution in [-0.4, -0.2) is 21.1 Å². The summed E-state index contributed by atoms with van der Waals surface area (Å²) in [7, 11) is 0. The minimum atomic E-state index is -0.290. The van der Waals surface area contributed by atoms with Crippen molar-refractivity contribution in [2.45, 2.75) is 31.8 Å². The van der Waals surface area contributed by atoms with E-state index in [-0.39, 0.29) is 16.7 Å². The predicted octanol–water partition coefficient (Wildman–Crippen LogP) is 5.53. The molecule has 1 amide bonds. The van der Waals surface area contributed by atoms with Crippen molar-refractivity contribution in [1.29, 1.82) is 0 Å². The van der Waals surface area contributed by atoms with Gasteiger partial charge in [-0.15, -0.1) is 23.1 Å². The second-order valence-corrected chi connectivity index (χ2v) is 9.89. The Morgan fingerprint density at radius 2 is 1.77 bits per heavy atom. The maximum Gasteiger partial charge on any atom is 0.259 e. The third kappa shape index (κ3) is 4.73. The molecule has 0 aliphatic rings. The first-order chi connectivity index (χ1) is 14.9. The van der Waals surface area contributed by atoms with Crippen LogP contribution >= 0.6 is 23.1 Å². The maximum atomic E-state index is 12.6. The third-order valence-electron chi connectivity index (χ3n) is 5.19. The van der Waals surface area contributed by atoms with Crippen LogP contribution in [0.1, 0.15) is 23.2 Å². The van der Waals surface area contributed by atoms with Crippen molar-refractivity contribution in [3.8, 4) is 11.1 Å². The highest BCUT2D eigenvalue weighted by Gasteiger charge is 2.16. The predicted molar refractivity (Wildman–Crippen MR) is 131 cm³/mol. The first-order valence-corrected chi connectivity index (χ1v) is 11.9. The number of aromatic nitrogens is 2. The Morgan fingerprint density at radius 3 is 2.48 bits per heavy atom. The zero-order valence-corrected chi connectivity index (χ0v) is 19.2. The van der Waals surface area contributed by atoms with E-state index in [1.54, 1.807) is 0 Å². The Kier molecular flexibility index (Phi) is 6.25. The summed E-state index contributed by atoms with van der Waals surface area (Å²) in [6.45, 7) is 5.79. The third-order valence-corrected chi connectivity index (χ3v) is 7.44. The van der Waals surface area contributed by atoms with E-state index >= 15 is 0 Å². The maximum absolute atomic E-state index is 12.6. The van der Waals surface area contributed by atoms with Crippen LogP contribution in [0, 0.1) is 13.8 Å². The molecule has 0 fully saturated rings. The van der Waals surface area contributed by atoms with Crippen LogP contribution in [0.4, 0.5) is 5.69 Å². The zero-order chi connectivity index (χ0) is 22.0. The second kappa shape index (κ2) is 9.08. The standard InChI is InChI=1S/C24H23N3O2S2/c1-14-15(2)31-24-21(14)23(29)26-20(27-24)13-30-16(3)22(28)25-19-11-9-18(10-12-19)17-7-5-4-6-8-17/h4-12,16H,13H2,1-3H3,(H,25,28)(H,26,27,29). The van der Waals surface area contributed by atoms with E-state index in [0.717, 1.165) is 32.1 Å². The van der Waals surface area contributed by atoms with Gasteiger partial charge in [0.1, 0.15) is 10.7 Å². The van der Waals surface area contributed by atoms with Gasteiger partial charge in [0.05, 0.1) is 16.4 Å². The van der Waals surface area contributed by atoms with Crippen molar-refractivity contribution >= 4 is 44.9 Å². The number of rotatable bonds is 6. The summed E-state index contributed by atoms with van der Waals surface area (Å²) < 4.78 is 0. The summed E-state index contributed by atoms with van der Waals surface area (Å²) in [5.41, 5.74) is 3.87. The molecule has 2 aromatic heterocycles. The van der Waals surface area contributed by atoms with Crippen molar-refractivity contribution in [2.24, 2.45) is 0 Å². The summed E-state index contributed by atoms with van der Waals surface area (Å²) >= 11 is 2.97. The molecular formula is C24H23N3O2S2. The monoisotopic (exact) mass is 449 g/mol. The van der Waals surface area contributed by atoms with Gasteiger partial charge in [0.2, 0.25) is 5.91 Å². The van der Waals surface area contributed by atoms with E-state index in [9.17, 15) is 9.59 Å². The molecule has 158 valence electrons. The minimum Gasteiger partial charge on any atom is -0.325 e. The molecule has 2 aromatic carbocycles. The Bertz CT molecular complexity index is 1280. The molecule has 2 heterocycles. The molecule has 0 saturated carbocycles. The molecule has 31 heavy (non-hydrogen) atoms. The average molecular weight is 450 g/mol. The lowest BCUT2D eigenvalue weighted by molar-refractivity contribution is -0.115. The first-order valence-electron chi connectivity index (χ1n) is 9.99. The van der Waals surface area contributed by atoms with Crippen molar-refractivity contribution in [3.05, 3.63) is 81.2 Å². The molecule has 5 nitrogen and oxygen atoms in total. The van der Waals surface area contributed by atoms with E-state index in [4.69, 9.17) is 0 Å². The Balaban J connectivity index is 1.38. The summed E-state index contributed by atoms with van der Waals surface area (Å²) in [5, 5.41) is 3.34. The molecule has 2 N–H and O–H groups in total. The number of carbonyl (C=O) groups is 1. The fraction of sp³-hybridized carbons (Fsp3) is 0.208. The van der Waals surface area contributed by atoms with E-state index < -0.39 is 0 Å². The molecule has 0 saturated heterocycles. The minimum absolute atomic E-state index is 0.0799. The van der Waals surface area contributed by atoms with Crippen molar-refractivity contribution in [3.63, 3.8) is 0 Å².